The first-order valence-electron chi connectivity index (χ1n) is 9.23. The maximum Gasteiger partial charge on any atom is 0.451 e. The third-order valence-electron chi connectivity index (χ3n) is 5.74. The Labute approximate surface area is 161 Å². The topological polar surface area (TPSA) is 75.6 Å². The summed E-state index contributed by atoms with van der Waals surface area (Å²) in [6, 6.07) is 0. The highest BCUT2D eigenvalue weighted by atomic mass is 32.2. The number of aromatic nitrogens is 2. The summed E-state index contributed by atoms with van der Waals surface area (Å²) in [7, 11) is -3.91. The lowest BCUT2D eigenvalue weighted by Crippen LogP contribution is -2.73. The van der Waals surface area contributed by atoms with Crippen molar-refractivity contribution in [3.05, 3.63) is 17.2 Å². The van der Waals surface area contributed by atoms with Gasteiger partial charge in [0.2, 0.25) is 15.8 Å². The van der Waals surface area contributed by atoms with Gasteiger partial charge in [-0.3, -0.25) is 0 Å². The molecule has 156 valence electrons. The highest BCUT2D eigenvalue weighted by molar-refractivity contribution is 7.89. The van der Waals surface area contributed by atoms with Crippen LogP contribution in [0.2, 0.25) is 0 Å². The van der Waals surface area contributed by atoms with E-state index in [0.717, 1.165) is 39.3 Å². The van der Waals surface area contributed by atoms with Crippen LogP contribution < -0.4 is 0 Å². The summed E-state index contributed by atoms with van der Waals surface area (Å²) in [4.78, 5) is 8.89. The van der Waals surface area contributed by atoms with Gasteiger partial charge in [-0.1, -0.05) is 0 Å². The minimum absolute atomic E-state index is 0.0406. The highest BCUT2D eigenvalue weighted by Crippen LogP contribution is 2.43. The molecule has 0 bridgehead atoms. The molecular formula is C17H23F3N4O3S. The number of hydrogen-bond donors (Lipinski definition) is 0. The summed E-state index contributed by atoms with van der Waals surface area (Å²) in [5.74, 6) is -0.765. The van der Waals surface area contributed by atoms with Crippen molar-refractivity contribution in [2.24, 2.45) is 11.3 Å². The average molecular weight is 420 g/mol. The Morgan fingerprint density at radius 3 is 2.25 bits per heavy atom. The number of halogens is 3. The standard InChI is InChI=1S/C17H23F3N4O3S/c1-11-14(12(2)22-15(21-11)17(18,19)20)28(25,26)24-9-16(10-24)7-23(8-16)5-13-3-4-27-6-13/h13H,3-10H2,1-2H3/t13-/m0/s1. The first-order valence-corrected chi connectivity index (χ1v) is 10.7. The van der Waals surface area contributed by atoms with E-state index in [-0.39, 0.29) is 21.7 Å². The zero-order valence-electron chi connectivity index (χ0n) is 15.8. The van der Waals surface area contributed by atoms with Gasteiger partial charge >= 0.3 is 6.18 Å². The molecule has 0 radical (unpaired) electrons. The first-order chi connectivity index (χ1) is 13.0. The van der Waals surface area contributed by atoms with E-state index < -0.39 is 22.0 Å². The second-order valence-corrected chi connectivity index (χ2v) is 10.1. The molecule has 0 aromatic carbocycles. The van der Waals surface area contributed by atoms with Gasteiger partial charge in [-0.25, -0.2) is 18.4 Å². The fourth-order valence-electron chi connectivity index (χ4n) is 4.53. The molecule has 4 heterocycles. The SMILES string of the molecule is Cc1nc(C(F)(F)F)nc(C)c1S(=O)(=O)N1CC2(CN(C[C@@H]3CCOC3)C2)C1. The van der Waals surface area contributed by atoms with Crippen LogP contribution in [-0.4, -0.2) is 73.5 Å². The van der Waals surface area contributed by atoms with Crippen molar-refractivity contribution in [1.29, 1.82) is 0 Å². The van der Waals surface area contributed by atoms with Gasteiger partial charge in [0.25, 0.3) is 0 Å². The summed E-state index contributed by atoms with van der Waals surface area (Å²) in [6.45, 7) is 7.58. The van der Waals surface area contributed by atoms with Gasteiger partial charge in [-0.05, 0) is 26.2 Å². The molecule has 4 rings (SSSR count). The third kappa shape index (κ3) is 3.42. The van der Waals surface area contributed by atoms with Gasteiger partial charge in [-0.2, -0.15) is 17.5 Å². The average Bonchev–Trinajstić information content (AvgIpc) is 2.99. The van der Waals surface area contributed by atoms with E-state index in [0.29, 0.717) is 19.0 Å². The highest BCUT2D eigenvalue weighted by Gasteiger charge is 2.55. The lowest BCUT2D eigenvalue weighted by atomic mass is 9.74. The van der Waals surface area contributed by atoms with Gasteiger partial charge in [0.05, 0.1) is 18.0 Å². The number of rotatable bonds is 4. The zero-order chi connectivity index (χ0) is 20.3. The molecular weight excluding hydrogens is 397 g/mol. The third-order valence-corrected chi connectivity index (χ3v) is 7.78. The molecule has 7 nitrogen and oxygen atoms in total. The normalized spacial score (nSPS) is 25.7. The van der Waals surface area contributed by atoms with Crippen LogP contribution in [0.4, 0.5) is 13.2 Å². The Hall–Kier alpha value is -1.30. The van der Waals surface area contributed by atoms with E-state index in [1.54, 1.807) is 0 Å². The summed E-state index contributed by atoms with van der Waals surface area (Å²) >= 11 is 0. The number of likely N-dealkylation sites (tertiary alicyclic amines) is 1. The predicted octanol–water partition coefficient (Wildman–Crippen LogP) is 1.46. The Morgan fingerprint density at radius 1 is 1.14 bits per heavy atom. The molecule has 3 saturated heterocycles. The lowest BCUT2D eigenvalue weighted by Gasteiger charge is -2.60. The number of ether oxygens (including phenoxy) is 1. The van der Waals surface area contributed by atoms with Gasteiger partial charge in [0, 0.05) is 44.7 Å². The molecule has 0 saturated carbocycles. The van der Waals surface area contributed by atoms with Crippen molar-refractivity contribution in [3.8, 4) is 0 Å². The first kappa shape index (κ1) is 20.0. The van der Waals surface area contributed by atoms with Crippen molar-refractivity contribution in [2.75, 3.05) is 45.9 Å². The maximum atomic E-state index is 12.9. The Kier molecular flexibility index (Phi) is 4.72. The number of alkyl halides is 3. The molecule has 11 heteroatoms. The van der Waals surface area contributed by atoms with Crippen molar-refractivity contribution in [1.82, 2.24) is 19.2 Å². The maximum absolute atomic E-state index is 12.9. The van der Waals surface area contributed by atoms with Crippen molar-refractivity contribution in [3.63, 3.8) is 0 Å². The number of nitrogens with zero attached hydrogens (tertiary/aromatic N) is 4. The largest absolute Gasteiger partial charge is 0.451 e. The Morgan fingerprint density at radius 2 is 1.75 bits per heavy atom. The quantitative estimate of drug-likeness (QED) is 0.734. The van der Waals surface area contributed by atoms with Crippen LogP contribution in [0.25, 0.3) is 0 Å². The van der Waals surface area contributed by atoms with Crippen LogP contribution in [0, 0.1) is 25.2 Å². The van der Waals surface area contributed by atoms with E-state index in [1.807, 2.05) is 0 Å². The number of sulfonamides is 1. The molecule has 1 spiro atoms. The zero-order valence-corrected chi connectivity index (χ0v) is 16.6. The minimum atomic E-state index is -4.71. The predicted molar refractivity (Wildman–Crippen MR) is 93.1 cm³/mol. The molecule has 0 unspecified atom stereocenters. The molecule has 28 heavy (non-hydrogen) atoms. The summed E-state index contributed by atoms with van der Waals surface area (Å²) in [5, 5.41) is 0. The van der Waals surface area contributed by atoms with E-state index in [2.05, 4.69) is 14.9 Å². The molecule has 0 N–H and O–H groups in total. The molecule has 1 aromatic heterocycles. The van der Waals surface area contributed by atoms with Crippen LogP contribution in [0.3, 0.4) is 0 Å². The monoisotopic (exact) mass is 420 g/mol. The second-order valence-electron chi connectivity index (χ2n) is 8.22. The fourth-order valence-corrected chi connectivity index (χ4v) is 6.51. The van der Waals surface area contributed by atoms with Gasteiger partial charge in [0.1, 0.15) is 4.90 Å². The van der Waals surface area contributed by atoms with Crippen LogP contribution in [0.5, 0.6) is 0 Å². The molecule has 3 aliphatic heterocycles. The molecule has 1 aromatic rings. The van der Waals surface area contributed by atoms with Crippen molar-refractivity contribution >= 4 is 10.0 Å². The molecule has 1 atom stereocenters. The van der Waals surface area contributed by atoms with Crippen LogP contribution >= 0.6 is 0 Å². The van der Waals surface area contributed by atoms with E-state index >= 15 is 0 Å². The molecule has 3 fully saturated rings. The molecule has 0 amide bonds. The summed E-state index contributed by atoms with van der Waals surface area (Å²) in [5.41, 5.74) is -0.379. The Balaban J connectivity index is 1.42. The number of hydrogen-bond acceptors (Lipinski definition) is 6. The van der Waals surface area contributed by atoms with Gasteiger partial charge < -0.3 is 9.64 Å². The summed E-state index contributed by atoms with van der Waals surface area (Å²) < 4.78 is 71.1. The smallest absolute Gasteiger partial charge is 0.381 e. The Bertz CT molecular complexity index is 847. The van der Waals surface area contributed by atoms with Crippen LogP contribution in [0.15, 0.2) is 4.90 Å². The number of aryl methyl sites for hydroxylation is 2. The van der Waals surface area contributed by atoms with Gasteiger partial charge in [-0.15, -0.1) is 0 Å². The fraction of sp³-hybridized carbons (Fsp3) is 0.765. The van der Waals surface area contributed by atoms with Crippen LogP contribution in [0.1, 0.15) is 23.6 Å². The summed E-state index contributed by atoms with van der Waals surface area (Å²) in [6.07, 6.45) is -3.64. The minimum Gasteiger partial charge on any atom is -0.381 e. The lowest BCUT2D eigenvalue weighted by molar-refractivity contribution is -0.145. The van der Waals surface area contributed by atoms with Crippen molar-refractivity contribution in [2.45, 2.75) is 31.3 Å². The van der Waals surface area contributed by atoms with E-state index in [9.17, 15) is 21.6 Å². The second kappa shape index (κ2) is 6.61. The van der Waals surface area contributed by atoms with Crippen LogP contribution in [-0.2, 0) is 20.9 Å². The van der Waals surface area contributed by atoms with E-state index in [4.69, 9.17) is 4.74 Å². The van der Waals surface area contributed by atoms with E-state index in [1.165, 1.54) is 18.2 Å². The van der Waals surface area contributed by atoms with Gasteiger partial charge in [0.15, 0.2) is 0 Å². The van der Waals surface area contributed by atoms with Crippen molar-refractivity contribution < 1.29 is 26.3 Å². The molecule has 3 aliphatic rings. The molecule has 0 aliphatic carbocycles.